The molecule has 388 valence electrons. The lowest BCUT2D eigenvalue weighted by Crippen LogP contribution is -2.65. The lowest BCUT2D eigenvalue weighted by Gasteiger charge is -2.48. The Kier molecular flexibility index (Phi) is 26.8. The van der Waals surface area contributed by atoms with Crippen molar-refractivity contribution in [1.29, 1.82) is 0 Å². The highest BCUT2D eigenvalue weighted by Gasteiger charge is 2.55. The molecule has 0 bridgehead atoms. The van der Waals surface area contributed by atoms with Gasteiger partial charge in [0, 0.05) is 0 Å². The molecule has 0 spiro atoms. The highest BCUT2D eigenvalue weighted by atomic mass is 28.5. The fourth-order valence-corrected chi connectivity index (χ4v) is 81.0. The Bertz CT molecular complexity index is 1260. The van der Waals surface area contributed by atoms with Gasteiger partial charge in [0.1, 0.15) is 0 Å². The van der Waals surface area contributed by atoms with Gasteiger partial charge in [-0.1, -0.05) is 47.5 Å². The quantitative estimate of drug-likeness (QED) is 0.225. The Labute approximate surface area is 412 Å². The molecule has 0 saturated carbocycles. The fourth-order valence-electron chi connectivity index (χ4n) is 9.11. The van der Waals surface area contributed by atoms with E-state index in [2.05, 4.69) is 198 Å². The van der Waals surface area contributed by atoms with Gasteiger partial charge in [-0.05, 0) is 195 Å². The summed E-state index contributed by atoms with van der Waals surface area (Å²) in [7, 11) is -28.2. The number of rotatable bonds is 7. The van der Waals surface area contributed by atoms with Crippen molar-refractivity contribution >= 4 is 119 Å². The van der Waals surface area contributed by atoms with Gasteiger partial charge >= 0.3 is 103 Å². The van der Waals surface area contributed by atoms with Crippen LogP contribution in [0.2, 0.25) is 195 Å². The van der Waals surface area contributed by atoms with E-state index < -0.39 is 119 Å². The van der Waals surface area contributed by atoms with E-state index in [-0.39, 0.29) is 0 Å². The monoisotopic (exact) mass is 1150 g/mol. The third-order valence-corrected chi connectivity index (χ3v) is 63.1. The maximum absolute atomic E-state index is 6.64. The first-order valence-electron chi connectivity index (χ1n) is 24.0. The average Bonchev–Trinajstić information content (AvgIpc) is 2.89. The zero-order valence-corrected chi connectivity index (χ0v) is 61.8. The van der Waals surface area contributed by atoms with Crippen LogP contribution in [0.25, 0.3) is 0 Å². The summed E-state index contributed by atoms with van der Waals surface area (Å²) in [5.74, 6) is 0. The molecule has 3 saturated heterocycles. The Morgan fingerprint density at radius 1 is 0.281 bits per heavy atom. The summed E-state index contributed by atoms with van der Waals surface area (Å²) >= 11 is 0. The summed E-state index contributed by atoms with van der Waals surface area (Å²) in [5, 5.41) is 0. The zero-order valence-electron chi connectivity index (χ0n) is 47.8. The van der Waals surface area contributed by atoms with Gasteiger partial charge in [0.15, 0.2) is 16.6 Å². The molecule has 27 heteroatoms. The lowest BCUT2D eigenvalue weighted by molar-refractivity contribution is 0.228. The predicted octanol–water partition coefficient (Wildman–Crippen LogP) is 14.3. The third-order valence-electron chi connectivity index (χ3n) is 8.38. The average molecular weight is 1150 g/mol. The second kappa shape index (κ2) is 25.0. The highest BCUT2D eigenvalue weighted by Crippen LogP contribution is 2.36. The molecule has 3 aliphatic heterocycles. The minimum Gasteiger partial charge on any atom is -0.456 e. The maximum atomic E-state index is 6.64. The van der Waals surface area contributed by atoms with Crippen molar-refractivity contribution < 1.29 is 53.5 Å². The summed E-state index contributed by atoms with van der Waals surface area (Å²) < 4.78 is 81.6. The van der Waals surface area contributed by atoms with Gasteiger partial charge in [0.25, 0.3) is 0 Å². The first-order valence-corrected chi connectivity index (χ1v) is 63.7. The van der Waals surface area contributed by atoms with E-state index in [9.17, 15) is 0 Å². The molecule has 64 heavy (non-hydrogen) atoms. The van der Waals surface area contributed by atoms with Crippen LogP contribution in [-0.2, 0) is 53.5 Å². The Morgan fingerprint density at radius 3 is 0.594 bits per heavy atom. The van der Waals surface area contributed by atoms with E-state index in [4.69, 9.17) is 53.5 Å². The van der Waals surface area contributed by atoms with Crippen LogP contribution in [0.3, 0.4) is 0 Å². The molecule has 0 aliphatic carbocycles. The smallest absolute Gasteiger partial charge is 0.317 e. The van der Waals surface area contributed by atoms with Gasteiger partial charge in [-0.15, -0.1) is 0 Å². The van der Waals surface area contributed by atoms with Crippen molar-refractivity contribution in [2.45, 2.75) is 242 Å². The van der Waals surface area contributed by atoms with E-state index in [0.717, 1.165) is 31.0 Å². The van der Waals surface area contributed by atoms with Gasteiger partial charge in [-0.2, -0.15) is 0 Å². The molecule has 2 atom stereocenters. The molecule has 3 rings (SSSR count). The second-order valence-electron chi connectivity index (χ2n) is 23.4. The standard InChI is InChI=1S/C12H32O4Si4.C9H26O4Si4.C8H24O4Si4.C6H18OSi2.C2H6/c1-9-11-19(7)14-17(3,4)13-18(5,6)15-20(8,16-19)12-10-2;1-9-17(8)12-15(4,5)10-14(2,3)11-16(6,7)13-17;1-13(2)9-14(3,4)11-16(7,8)12-15(5,6)10-13;1-8(2,3)7-9(4,5)6;1-2/h9-12H2,1-8H3;9H2,1-8H3;1-8H3;1-6H3;1-2H3. The summed E-state index contributed by atoms with van der Waals surface area (Å²) in [6.45, 7) is 68.1. The minimum absolute atomic E-state index is 0.939. The van der Waals surface area contributed by atoms with E-state index in [1.165, 1.54) is 0 Å². The minimum atomic E-state index is -2.19. The topological polar surface area (TPSA) is 120 Å². The SMILES string of the molecule is CC.CCC[Si]1(C)O[Si](C)(C)O[Si](C)(C)O[Si](C)(CCC)O1.CC[Si]1(C)O[Si](C)(C)O[Si](C)(C)O[Si](C)(C)O1.C[Si](C)(C)O[Si](C)(C)C.C[Si]1(C)O[Si](C)(C)O[Si](C)(C)O[Si](C)(C)O1. The summed E-state index contributed by atoms with van der Waals surface area (Å²) in [6, 6.07) is 2.98. The van der Waals surface area contributed by atoms with Gasteiger partial charge in [0.05, 0.1) is 0 Å². The van der Waals surface area contributed by atoms with Crippen molar-refractivity contribution in [1.82, 2.24) is 0 Å². The van der Waals surface area contributed by atoms with Crippen LogP contribution in [0.15, 0.2) is 0 Å². The van der Waals surface area contributed by atoms with Crippen molar-refractivity contribution in [2.24, 2.45) is 0 Å². The number of hydrogen-bond acceptors (Lipinski definition) is 13. The van der Waals surface area contributed by atoms with E-state index in [1.807, 2.05) is 13.8 Å². The normalized spacial score (nSPS) is 29.6. The van der Waals surface area contributed by atoms with Crippen LogP contribution in [0, 0.1) is 0 Å². The molecule has 2 unspecified atom stereocenters. The molecule has 3 fully saturated rings. The van der Waals surface area contributed by atoms with Crippen LogP contribution in [0.5, 0.6) is 0 Å². The van der Waals surface area contributed by atoms with E-state index in [1.54, 1.807) is 0 Å². The molecule has 0 radical (unpaired) electrons. The molecule has 0 amide bonds. The molecule has 0 aromatic heterocycles. The first kappa shape index (κ1) is 68.6. The molecule has 13 nitrogen and oxygen atoms in total. The molecule has 0 N–H and O–H groups in total. The van der Waals surface area contributed by atoms with E-state index >= 15 is 0 Å². The van der Waals surface area contributed by atoms with Crippen molar-refractivity contribution in [3.8, 4) is 0 Å². The largest absolute Gasteiger partial charge is 0.456 e. The predicted molar refractivity (Wildman–Crippen MR) is 305 cm³/mol. The van der Waals surface area contributed by atoms with Crippen LogP contribution >= 0.6 is 0 Å². The molecule has 3 aliphatic rings. The fraction of sp³-hybridized carbons (Fsp3) is 1.00. The Morgan fingerprint density at radius 2 is 0.453 bits per heavy atom. The number of hydrogen-bond donors (Lipinski definition) is 0. The van der Waals surface area contributed by atoms with Crippen LogP contribution in [-0.4, -0.2) is 119 Å². The molecule has 0 aromatic carbocycles. The van der Waals surface area contributed by atoms with Gasteiger partial charge < -0.3 is 53.5 Å². The summed E-state index contributed by atoms with van der Waals surface area (Å²) in [6.07, 6.45) is 2.18. The Balaban J connectivity index is 0. The highest BCUT2D eigenvalue weighted by molar-refractivity contribution is 6.95. The van der Waals surface area contributed by atoms with Crippen LogP contribution in [0.4, 0.5) is 0 Å². The van der Waals surface area contributed by atoms with Crippen molar-refractivity contribution in [2.75, 3.05) is 0 Å². The zero-order chi connectivity index (χ0) is 51.7. The molecular weight excluding hydrogens is 1050 g/mol. The van der Waals surface area contributed by atoms with Gasteiger partial charge in [-0.25, -0.2) is 0 Å². The maximum Gasteiger partial charge on any atom is 0.317 e. The Hall–Kier alpha value is 2.52. The summed E-state index contributed by atoms with van der Waals surface area (Å²) in [5.41, 5.74) is 0. The first-order chi connectivity index (χ1) is 27.9. The van der Waals surface area contributed by atoms with Crippen molar-refractivity contribution in [3.63, 3.8) is 0 Å². The third kappa shape index (κ3) is 31.1. The molecule has 3 heterocycles. The molecular formula is C37H106O13Si14. The molecule has 0 aromatic rings. The van der Waals surface area contributed by atoms with E-state index in [0.29, 0.717) is 0 Å². The van der Waals surface area contributed by atoms with Crippen LogP contribution < -0.4 is 0 Å². The lowest BCUT2D eigenvalue weighted by atomic mass is 10.6. The van der Waals surface area contributed by atoms with Gasteiger partial charge in [-0.3, -0.25) is 0 Å². The van der Waals surface area contributed by atoms with Crippen molar-refractivity contribution in [3.05, 3.63) is 0 Å². The second-order valence-corrected chi connectivity index (χ2v) is 76.2. The van der Waals surface area contributed by atoms with Gasteiger partial charge in [0.2, 0.25) is 0 Å². The van der Waals surface area contributed by atoms with Crippen LogP contribution in [0.1, 0.15) is 47.5 Å². The summed E-state index contributed by atoms with van der Waals surface area (Å²) in [4.78, 5) is 0.